The fourth-order valence-electron chi connectivity index (χ4n) is 1.20. The minimum absolute atomic E-state index is 0.211. The van der Waals surface area contributed by atoms with Crippen molar-refractivity contribution in [1.82, 2.24) is 0 Å². The summed E-state index contributed by atoms with van der Waals surface area (Å²) >= 11 is 0. The van der Waals surface area contributed by atoms with Crippen molar-refractivity contribution in [2.24, 2.45) is 0 Å². The van der Waals surface area contributed by atoms with Crippen molar-refractivity contribution < 1.29 is 9.53 Å². The maximum atomic E-state index is 10.8. The smallest absolute Gasteiger partial charge is 0.148 e. The number of carbonyl (C=O) groups is 1. The van der Waals surface area contributed by atoms with E-state index in [4.69, 9.17) is 11.2 Å². The monoisotopic (exact) mass is 202 g/mol. The minimum Gasteiger partial charge on any atom is -0.481 e. The van der Waals surface area contributed by atoms with E-state index >= 15 is 0 Å². The van der Waals surface area contributed by atoms with E-state index in [-0.39, 0.29) is 12.4 Å². The van der Waals surface area contributed by atoms with Crippen LogP contribution in [0.2, 0.25) is 0 Å². The molecule has 1 rings (SSSR count). The minimum atomic E-state index is 0.211. The van der Waals surface area contributed by atoms with Gasteiger partial charge in [-0.15, -0.1) is 6.42 Å². The van der Waals surface area contributed by atoms with Gasteiger partial charge in [-0.1, -0.05) is 18.1 Å². The highest BCUT2D eigenvalue weighted by Crippen LogP contribution is 2.13. The van der Waals surface area contributed by atoms with Gasteiger partial charge < -0.3 is 9.53 Å². The number of hydrogen-bond donors (Lipinski definition) is 0. The van der Waals surface area contributed by atoms with Gasteiger partial charge in [-0.05, 0) is 31.0 Å². The Bertz CT molecular complexity index is 357. The van der Waals surface area contributed by atoms with E-state index in [1.807, 2.05) is 24.3 Å². The number of aryl methyl sites for hydroxylation is 1. The average Bonchev–Trinajstić information content (AvgIpc) is 2.25. The molecule has 0 aliphatic heterocycles. The molecule has 0 radical (unpaired) electrons. The molecule has 0 bridgehead atoms. The van der Waals surface area contributed by atoms with Crippen LogP contribution in [0.15, 0.2) is 24.3 Å². The molecular weight excluding hydrogens is 188 g/mol. The van der Waals surface area contributed by atoms with Crippen LogP contribution in [0, 0.1) is 12.3 Å². The van der Waals surface area contributed by atoms with Crippen LogP contribution in [0.1, 0.15) is 18.9 Å². The lowest BCUT2D eigenvalue weighted by molar-refractivity contribution is -0.116. The molecule has 0 fully saturated rings. The molecule has 1 aromatic carbocycles. The number of ether oxygens (including phenoxy) is 1. The number of Topliss-reactive ketones (excluding diaryl/α,β-unsaturated/α-hetero) is 1. The molecule has 78 valence electrons. The van der Waals surface area contributed by atoms with Crippen molar-refractivity contribution >= 4 is 5.78 Å². The quantitative estimate of drug-likeness (QED) is 0.684. The van der Waals surface area contributed by atoms with Crippen LogP contribution in [0.4, 0.5) is 0 Å². The van der Waals surface area contributed by atoms with E-state index in [0.717, 1.165) is 17.7 Å². The largest absolute Gasteiger partial charge is 0.481 e. The van der Waals surface area contributed by atoms with Gasteiger partial charge in [0.15, 0.2) is 0 Å². The molecule has 0 N–H and O–H groups in total. The maximum absolute atomic E-state index is 10.8. The Morgan fingerprint density at radius 2 is 2.07 bits per heavy atom. The Balaban J connectivity index is 2.49. The third-order valence-corrected chi connectivity index (χ3v) is 2.01. The lowest BCUT2D eigenvalue weighted by Gasteiger charge is -2.03. The molecule has 0 aliphatic rings. The molecule has 2 nitrogen and oxygen atoms in total. The molecule has 15 heavy (non-hydrogen) atoms. The SMILES string of the molecule is C#CCOc1ccc(CCC(C)=O)cc1. The van der Waals surface area contributed by atoms with Gasteiger partial charge in [0.1, 0.15) is 18.1 Å². The number of benzene rings is 1. The molecular formula is C13H14O2. The summed E-state index contributed by atoms with van der Waals surface area (Å²) in [5, 5.41) is 0. The van der Waals surface area contributed by atoms with Gasteiger partial charge in [-0.3, -0.25) is 0 Å². The van der Waals surface area contributed by atoms with Crippen LogP contribution in [-0.4, -0.2) is 12.4 Å². The Morgan fingerprint density at radius 3 is 2.60 bits per heavy atom. The van der Waals surface area contributed by atoms with Gasteiger partial charge in [0, 0.05) is 6.42 Å². The zero-order valence-corrected chi connectivity index (χ0v) is 8.82. The highest BCUT2D eigenvalue weighted by Gasteiger charge is 1.97. The Kier molecular flexibility index (Phi) is 4.43. The van der Waals surface area contributed by atoms with Crippen LogP contribution in [-0.2, 0) is 11.2 Å². The molecule has 1 aromatic rings. The maximum Gasteiger partial charge on any atom is 0.148 e. The van der Waals surface area contributed by atoms with Gasteiger partial charge in [0.2, 0.25) is 0 Å². The third-order valence-electron chi connectivity index (χ3n) is 2.01. The van der Waals surface area contributed by atoms with Crippen LogP contribution in [0.3, 0.4) is 0 Å². The van der Waals surface area contributed by atoms with Crippen LogP contribution in [0.5, 0.6) is 5.75 Å². The normalized spacial score (nSPS) is 9.33. The van der Waals surface area contributed by atoms with E-state index in [1.165, 1.54) is 0 Å². The fourth-order valence-corrected chi connectivity index (χ4v) is 1.20. The summed E-state index contributed by atoms with van der Waals surface area (Å²) in [6.07, 6.45) is 6.45. The highest BCUT2D eigenvalue weighted by molar-refractivity contribution is 5.75. The first-order chi connectivity index (χ1) is 7.22. The van der Waals surface area contributed by atoms with E-state index in [1.54, 1.807) is 6.92 Å². The summed E-state index contributed by atoms with van der Waals surface area (Å²) < 4.78 is 5.23. The summed E-state index contributed by atoms with van der Waals surface area (Å²) in [5.74, 6) is 3.38. The highest BCUT2D eigenvalue weighted by atomic mass is 16.5. The summed E-state index contributed by atoms with van der Waals surface area (Å²) in [7, 11) is 0. The number of terminal acetylenes is 1. The van der Waals surface area contributed by atoms with E-state index in [0.29, 0.717) is 6.42 Å². The topological polar surface area (TPSA) is 26.3 Å². The first-order valence-corrected chi connectivity index (χ1v) is 4.87. The molecule has 0 heterocycles. The van der Waals surface area contributed by atoms with Gasteiger partial charge in [-0.2, -0.15) is 0 Å². The van der Waals surface area contributed by atoms with Crippen LogP contribution < -0.4 is 4.74 Å². The third kappa shape index (κ3) is 4.33. The molecule has 0 saturated carbocycles. The van der Waals surface area contributed by atoms with E-state index < -0.39 is 0 Å². The van der Waals surface area contributed by atoms with Gasteiger partial charge in [0.05, 0.1) is 0 Å². The second kappa shape index (κ2) is 5.87. The summed E-state index contributed by atoms with van der Waals surface area (Å²) in [4.78, 5) is 10.8. The van der Waals surface area contributed by atoms with Crippen molar-refractivity contribution in [3.05, 3.63) is 29.8 Å². The first kappa shape index (κ1) is 11.3. The Morgan fingerprint density at radius 1 is 1.40 bits per heavy atom. The molecule has 0 aromatic heterocycles. The van der Waals surface area contributed by atoms with Crippen molar-refractivity contribution in [2.75, 3.05) is 6.61 Å². The van der Waals surface area contributed by atoms with E-state index in [9.17, 15) is 4.79 Å². The van der Waals surface area contributed by atoms with E-state index in [2.05, 4.69) is 5.92 Å². The van der Waals surface area contributed by atoms with Gasteiger partial charge >= 0.3 is 0 Å². The van der Waals surface area contributed by atoms with Crippen molar-refractivity contribution in [3.63, 3.8) is 0 Å². The molecule has 0 saturated heterocycles. The van der Waals surface area contributed by atoms with Crippen molar-refractivity contribution in [3.8, 4) is 18.1 Å². The zero-order valence-electron chi connectivity index (χ0n) is 8.82. The lowest BCUT2D eigenvalue weighted by Crippen LogP contribution is -1.95. The van der Waals surface area contributed by atoms with Crippen LogP contribution in [0.25, 0.3) is 0 Å². The molecule has 0 atom stereocenters. The van der Waals surface area contributed by atoms with Crippen LogP contribution >= 0.6 is 0 Å². The zero-order chi connectivity index (χ0) is 11.1. The van der Waals surface area contributed by atoms with Crippen molar-refractivity contribution in [2.45, 2.75) is 19.8 Å². The predicted molar refractivity (Wildman–Crippen MR) is 59.8 cm³/mol. The number of carbonyl (C=O) groups excluding carboxylic acids is 1. The average molecular weight is 202 g/mol. The molecule has 0 amide bonds. The van der Waals surface area contributed by atoms with Crippen molar-refractivity contribution in [1.29, 1.82) is 0 Å². The summed E-state index contributed by atoms with van der Waals surface area (Å²) in [6, 6.07) is 7.64. The fraction of sp³-hybridized carbons (Fsp3) is 0.308. The van der Waals surface area contributed by atoms with Gasteiger partial charge in [-0.25, -0.2) is 0 Å². The lowest BCUT2D eigenvalue weighted by atomic mass is 10.1. The predicted octanol–water partition coefficient (Wildman–Crippen LogP) is 2.22. The standard InChI is InChI=1S/C13H14O2/c1-3-10-15-13-8-6-12(7-9-13)5-4-11(2)14/h1,6-9H,4-5,10H2,2H3. The Hall–Kier alpha value is -1.75. The molecule has 0 aliphatic carbocycles. The molecule has 2 heteroatoms. The second-order valence-electron chi connectivity index (χ2n) is 3.34. The molecule has 0 spiro atoms. The van der Waals surface area contributed by atoms with Gasteiger partial charge in [0.25, 0.3) is 0 Å². The molecule has 0 unspecified atom stereocenters. The number of ketones is 1. The Labute approximate surface area is 90.3 Å². The summed E-state index contributed by atoms with van der Waals surface area (Å²) in [6.45, 7) is 1.89. The second-order valence-corrected chi connectivity index (χ2v) is 3.34. The summed E-state index contributed by atoms with van der Waals surface area (Å²) in [5.41, 5.74) is 1.14. The number of hydrogen-bond acceptors (Lipinski definition) is 2. The number of rotatable bonds is 5. The first-order valence-electron chi connectivity index (χ1n) is 4.87.